The van der Waals surface area contributed by atoms with Crippen molar-refractivity contribution in [1.82, 2.24) is 0 Å². The molecule has 0 atom stereocenters. The van der Waals surface area contributed by atoms with Crippen molar-refractivity contribution in [2.75, 3.05) is 31.3 Å². The van der Waals surface area contributed by atoms with Crippen molar-refractivity contribution < 1.29 is 4.74 Å². The Hall–Kier alpha value is -2.00. The summed E-state index contributed by atoms with van der Waals surface area (Å²) in [6.45, 7) is 3.57. The van der Waals surface area contributed by atoms with Crippen molar-refractivity contribution >= 4 is 11.4 Å². The molecule has 0 amide bonds. The van der Waals surface area contributed by atoms with E-state index in [1.807, 2.05) is 24.3 Å². The Kier molecular flexibility index (Phi) is 4.42. The number of anilines is 2. The van der Waals surface area contributed by atoms with E-state index in [4.69, 9.17) is 10.5 Å². The molecule has 0 aliphatic carbocycles. The Balaban J connectivity index is 2.30. The first-order valence-electron chi connectivity index (χ1n) is 6.40. The number of nitrogen functional groups attached to an aromatic ring is 1. The van der Waals surface area contributed by atoms with Gasteiger partial charge in [-0.2, -0.15) is 0 Å². The quantitative estimate of drug-likeness (QED) is 0.637. The molecule has 3 nitrogen and oxygen atoms in total. The molecule has 3 heteroatoms. The first-order chi connectivity index (χ1) is 9.22. The van der Waals surface area contributed by atoms with E-state index < -0.39 is 0 Å². The third-order valence-corrected chi connectivity index (χ3v) is 3.12. The standard InChI is InChI=1S/C16H20N2O/c1-12-5-3-4-6-14(12)15-11-13(7-8-16(15)17)18-9-10-19-2/h3-8,11,18H,9-10,17H2,1-2H3. The molecule has 0 aromatic heterocycles. The summed E-state index contributed by atoms with van der Waals surface area (Å²) >= 11 is 0. The van der Waals surface area contributed by atoms with E-state index in [2.05, 4.69) is 30.4 Å². The van der Waals surface area contributed by atoms with Crippen LogP contribution in [0.3, 0.4) is 0 Å². The minimum Gasteiger partial charge on any atom is -0.398 e. The van der Waals surface area contributed by atoms with E-state index in [1.54, 1.807) is 7.11 Å². The SMILES string of the molecule is COCCNc1ccc(N)c(-c2ccccc2C)c1. The third kappa shape index (κ3) is 3.26. The summed E-state index contributed by atoms with van der Waals surface area (Å²) in [5.41, 5.74) is 11.4. The zero-order chi connectivity index (χ0) is 13.7. The van der Waals surface area contributed by atoms with Gasteiger partial charge in [-0.1, -0.05) is 24.3 Å². The van der Waals surface area contributed by atoms with Crippen molar-refractivity contribution in [3.05, 3.63) is 48.0 Å². The average Bonchev–Trinajstić information content (AvgIpc) is 2.42. The maximum Gasteiger partial charge on any atom is 0.0635 e. The normalized spacial score (nSPS) is 10.4. The van der Waals surface area contributed by atoms with Gasteiger partial charge < -0.3 is 15.8 Å². The molecule has 0 bridgehead atoms. The fourth-order valence-electron chi connectivity index (χ4n) is 2.07. The van der Waals surface area contributed by atoms with E-state index in [-0.39, 0.29) is 0 Å². The number of nitrogens with one attached hydrogen (secondary N) is 1. The van der Waals surface area contributed by atoms with Crippen LogP contribution in [-0.2, 0) is 4.74 Å². The molecule has 0 spiro atoms. The van der Waals surface area contributed by atoms with Gasteiger partial charge in [-0.05, 0) is 36.2 Å². The van der Waals surface area contributed by atoms with Gasteiger partial charge >= 0.3 is 0 Å². The van der Waals surface area contributed by atoms with Gasteiger partial charge in [0, 0.05) is 30.6 Å². The number of methoxy groups -OCH3 is 1. The van der Waals surface area contributed by atoms with Crippen molar-refractivity contribution in [3.8, 4) is 11.1 Å². The molecule has 0 aliphatic rings. The zero-order valence-corrected chi connectivity index (χ0v) is 11.4. The highest BCUT2D eigenvalue weighted by atomic mass is 16.5. The molecule has 0 saturated carbocycles. The zero-order valence-electron chi connectivity index (χ0n) is 11.4. The highest BCUT2D eigenvalue weighted by Gasteiger charge is 2.06. The molecule has 0 radical (unpaired) electrons. The maximum absolute atomic E-state index is 6.09. The highest BCUT2D eigenvalue weighted by molar-refractivity contribution is 5.81. The molecule has 0 fully saturated rings. The Morgan fingerprint density at radius 2 is 1.89 bits per heavy atom. The van der Waals surface area contributed by atoms with E-state index in [0.717, 1.165) is 23.5 Å². The van der Waals surface area contributed by atoms with Crippen LogP contribution in [-0.4, -0.2) is 20.3 Å². The summed E-state index contributed by atoms with van der Waals surface area (Å²) < 4.78 is 5.03. The minimum absolute atomic E-state index is 0.685. The maximum atomic E-state index is 6.09. The fourth-order valence-corrected chi connectivity index (χ4v) is 2.07. The lowest BCUT2D eigenvalue weighted by molar-refractivity contribution is 0.211. The van der Waals surface area contributed by atoms with E-state index in [0.29, 0.717) is 6.61 Å². The van der Waals surface area contributed by atoms with Gasteiger partial charge in [0.15, 0.2) is 0 Å². The monoisotopic (exact) mass is 256 g/mol. The second kappa shape index (κ2) is 6.25. The number of rotatable bonds is 5. The Bertz CT molecular complexity index is 552. The number of nitrogens with two attached hydrogens (primary N) is 1. The van der Waals surface area contributed by atoms with E-state index in [1.165, 1.54) is 11.1 Å². The smallest absolute Gasteiger partial charge is 0.0635 e. The van der Waals surface area contributed by atoms with Gasteiger partial charge in [0.25, 0.3) is 0 Å². The third-order valence-electron chi connectivity index (χ3n) is 3.12. The summed E-state index contributed by atoms with van der Waals surface area (Å²) in [4.78, 5) is 0. The number of ether oxygens (including phenoxy) is 1. The molecule has 2 aromatic carbocycles. The van der Waals surface area contributed by atoms with Gasteiger partial charge in [0.1, 0.15) is 0 Å². The number of aryl methyl sites for hydroxylation is 1. The van der Waals surface area contributed by atoms with Crippen LogP contribution in [0.25, 0.3) is 11.1 Å². The second-order valence-corrected chi connectivity index (χ2v) is 4.54. The van der Waals surface area contributed by atoms with Crippen LogP contribution < -0.4 is 11.1 Å². The first-order valence-corrected chi connectivity index (χ1v) is 6.40. The van der Waals surface area contributed by atoms with Crippen LogP contribution in [0.1, 0.15) is 5.56 Å². The van der Waals surface area contributed by atoms with Crippen LogP contribution in [0.15, 0.2) is 42.5 Å². The molecule has 100 valence electrons. The van der Waals surface area contributed by atoms with Gasteiger partial charge in [-0.15, -0.1) is 0 Å². The Morgan fingerprint density at radius 3 is 2.63 bits per heavy atom. The topological polar surface area (TPSA) is 47.3 Å². The molecule has 2 aromatic rings. The van der Waals surface area contributed by atoms with Crippen LogP contribution in [0.2, 0.25) is 0 Å². The molecule has 3 N–H and O–H groups in total. The molecule has 2 rings (SSSR count). The summed E-state index contributed by atoms with van der Waals surface area (Å²) in [6.07, 6.45) is 0. The largest absolute Gasteiger partial charge is 0.398 e. The molecule has 0 saturated heterocycles. The fraction of sp³-hybridized carbons (Fsp3) is 0.250. The lowest BCUT2D eigenvalue weighted by atomic mass is 9.98. The van der Waals surface area contributed by atoms with Crippen LogP contribution in [0.5, 0.6) is 0 Å². The average molecular weight is 256 g/mol. The number of hydrogen-bond acceptors (Lipinski definition) is 3. The van der Waals surface area contributed by atoms with E-state index in [9.17, 15) is 0 Å². The Labute approximate surface area is 114 Å². The van der Waals surface area contributed by atoms with E-state index >= 15 is 0 Å². The number of benzene rings is 2. The first kappa shape index (κ1) is 13.4. The van der Waals surface area contributed by atoms with Crippen molar-refractivity contribution in [1.29, 1.82) is 0 Å². The molecular formula is C16H20N2O. The van der Waals surface area contributed by atoms with Crippen LogP contribution >= 0.6 is 0 Å². The lowest BCUT2D eigenvalue weighted by Gasteiger charge is -2.12. The predicted octanol–water partition coefficient (Wildman–Crippen LogP) is 3.30. The summed E-state index contributed by atoms with van der Waals surface area (Å²) in [5, 5.41) is 3.32. The molecule has 0 aliphatic heterocycles. The molecule has 0 unspecified atom stereocenters. The summed E-state index contributed by atoms with van der Waals surface area (Å²) in [6, 6.07) is 14.3. The van der Waals surface area contributed by atoms with Gasteiger partial charge in [0.05, 0.1) is 6.61 Å². The minimum atomic E-state index is 0.685. The summed E-state index contributed by atoms with van der Waals surface area (Å²) in [7, 11) is 1.70. The highest BCUT2D eigenvalue weighted by Crippen LogP contribution is 2.30. The lowest BCUT2D eigenvalue weighted by Crippen LogP contribution is -2.07. The Morgan fingerprint density at radius 1 is 1.11 bits per heavy atom. The van der Waals surface area contributed by atoms with Gasteiger partial charge in [-0.3, -0.25) is 0 Å². The number of hydrogen-bond donors (Lipinski definition) is 2. The van der Waals surface area contributed by atoms with Crippen LogP contribution in [0.4, 0.5) is 11.4 Å². The van der Waals surface area contributed by atoms with Crippen molar-refractivity contribution in [2.24, 2.45) is 0 Å². The molecule has 0 heterocycles. The summed E-state index contributed by atoms with van der Waals surface area (Å²) in [5.74, 6) is 0. The van der Waals surface area contributed by atoms with Gasteiger partial charge in [0.2, 0.25) is 0 Å². The van der Waals surface area contributed by atoms with Crippen LogP contribution in [0, 0.1) is 6.92 Å². The van der Waals surface area contributed by atoms with Crippen molar-refractivity contribution in [2.45, 2.75) is 6.92 Å². The van der Waals surface area contributed by atoms with Gasteiger partial charge in [-0.25, -0.2) is 0 Å². The molecular weight excluding hydrogens is 236 g/mol. The molecule has 19 heavy (non-hydrogen) atoms. The van der Waals surface area contributed by atoms with Crippen molar-refractivity contribution in [3.63, 3.8) is 0 Å². The second-order valence-electron chi connectivity index (χ2n) is 4.54. The predicted molar refractivity (Wildman–Crippen MR) is 81.4 cm³/mol.